The number of carbonyl (C=O) groups excluding carboxylic acids is 1. The molecule has 1 aromatic carbocycles. The van der Waals surface area contributed by atoms with Crippen molar-refractivity contribution in [2.45, 2.75) is 6.43 Å². The highest BCUT2D eigenvalue weighted by Gasteiger charge is 2.20. The van der Waals surface area contributed by atoms with Gasteiger partial charge in [0.1, 0.15) is 6.07 Å². The van der Waals surface area contributed by atoms with Crippen LogP contribution in [0.3, 0.4) is 0 Å². The number of nitrogens with zero attached hydrogens (tertiary/aromatic N) is 1. The van der Waals surface area contributed by atoms with E-state index in [0.29, 0.717) is 0 Å². The van der Waals surface area contributed by atoms with E-state index in [1.54, 1.807) is 6.07 Å². The van der Waals surface area contributed by atoms with Gasteiger partial charge in [0.15, 0.2) is 0 Å². The Morgan fingerprint density at radius 2 is 2.19 bits per heavy atom. The standard InChI is InChI=1S/C10H6BrF2NO2/c1-16-10(15)6-3-2-5(9(12)13)7(4-14)8(6)11/h2-3,9H,1H3. The Hall–Kier alpha value is -1.48. The molecule has 0 aromatic heterocycles. The molecule has 3 nitrogen and oxygen atoms in total. The largest absolute Gasteiger partial charge is 0.465 e. The van der Waals surface area contributed by atoms with Crippen molar-refractivity contribution in [1.82, 2.24) is 0 Å². The van der Waals surface area contributed by atoms with Crippen molar-refractivity contribution in [3.63, 3.8) is 0 Å². The molecule has 0 amide bonds. The van der Waals surface area contributed by atoms with Crippen LogP contribution in [0, 0.1) is 11.3 Å². The number of hydrogen-bond acceptors (Lipinski definition) is 3. The monoisotopic (exact) mass is 289 g/mol. The highest BCUT2D eigenvalue weighted by atomic mass is 79.9. The molecule has 0 spiro atoms. The molecule has 16 heavy (non-hydrogen) atoms. The molecule has 6 heteroatoms. The zero-order chi connectivity index (χ0) is 12.3. The van der Waals surface area contributed by atoms with Crippen molar-refractivity contribution in [3.8, 4) is 6.07 Å². The van der Waals surface area contributed by atoms with Crippen LogP contribution in [-0.2, 0) is 4.74 Å². The number of rotatable bonds is 2. The number of esters is 1. The maximum Gasteiger partial charge on any atom is 0.339 e. The molecule has 1 rings (SSSR count). The molecule has 0 aliphatic heterocycles. The van der Waals surface area contributed by atoms with Crippen molar-refractivity contribution in [3.05, 3.63) is 33.3 Å². The Morgan fingerprint density at radius 3 is 2.62 bits per heavy atom. The summed E-state index contributed by atoms with van der Waals surface area (Å²) in [4.78, 5) is 11.2. The fourth-order valence-corrected chi connectivity index (χ4v) is 1.77. The topological polar surface area (TPSA) is 50.1 Å². The molecule has 0 N–H and O–H groups in total. The van der Waals surface area contributed by atoms with Gasteiger partial charge in [0.05, 0.1) is 22.7 Å². The Labute approximate surface area is 98.8 Å². The molecule has 0 aliphatic carbocycles. The number of hydrogen-bond donors (Lipinski definition) is 0. The lowest BCUT2D eigenvalue weighted by atomic mass is 10.1. The lowest BCUT2D eigenvalue weighted by molar-refractivity contribution is 0.0599. The second-order valence-electron chi connectivity index (χ2n) is 2.80. The van der Waals surface area contributed by atoms with Gasteiger partial charge in [-0.15, -0.1) is 0 Å². The van der Waals surface area contributed by atoms with Crippen LogP contribution in [0.15, 0.2) is 16.6 Å². The van der Waals surface area contributed by atoms with E-state index < -0.39 is 18.0 Å². The van der Waals surface area contributed by atoms with Crippen molar-refractivity contribution >= 4 is 21.9 Å². The van der Waals surface area contributed by atoms with Crippen molar-refractivity contribution in [2.24, 2.45) is 0 Å². The van der Waals surface area contributed by atoms with Gasteiger partial charge in [0, 0.05) is 5.56 Å². The van der Waals surface area contributed by atoms with Crippen molar-refractivity contribution in [1.29, 1.82) is 5.26 Å². The summed E-state index contributed by atoms with van der Waals surface area (Å²) >= 11 is 2.95. The molecule has 0 unspecified atom stereocenters. The summed E-state index contributed by atoms with van der Waals surface area (Å²) in [5.74, 6) is -0.691. The summed E-state index contributed by atoms with van der Waals surface area (Å²) < 4.78 is 29.5. The Morgan fingerprint density at radius 1 is 1.56 bits per heavy atom. The predicted octanol–water partition coefficient (Wildman–Crippen LogP) is 3.04. The minimum Gasteiger partial charge on any atom is -0.465 e. The molecule has 1 aromatic rings. The Kier molecular flexibility index (Phi) is 3.96. The zero-order valence-electron chi connectivity index (χ0n) is 8.13. The van der Waals surface area contributed by atoms with Gasteiger partial charge in [-0.05, 0) is 22.0 Å². The van der Waals surface area contributed by atoms with Crippen molar-refractivity contribution < 1.29 is 18.3 Å². The quantitative estimate of drug-likeness (QED) is 0.786. The minimum atomic E-state index is -2.77. The smallest absolute Gasteiger partial charge is 0.339 e. The van der Waals surface area contributed by atoms with E-state index in [1.807, 2.05) is 0 Å². The molecule has 0 aliphatic rings. The SMILES string of the molecule is COC(=O)c1ccc(C(F)F)c(C#N)c1Br. The summed E-state index contributed by atoms with van der Waals surface area (Å²) in [6.45, 7) is 0. The minimum absolute atomic E-state index is 0.0275. The third-order valence-corrected chi connectivity index (χ3v) is 2.75. The average Bonchev–Trinajstić information content (AvgIpc) is 2.27. The second-order valence-corrected chi connectivity index (χ2v) is 3.59. The summed E-state index contributed by atoms with van der Waals surface area (Å²) in [6.07, 6.45) is -2.77. The summed E-state index contributed by atoms with van der Waals surface area (Å²) in [7, 11) is 1.17. The molecule has 0 saturated carbocycles. The van der Waals surface area contributed by atoms with E-state index >= 15 is 0 Å². The van der Waals surface area contributed by atoms with Crippen LogP contribution in [0.5, 0.6) is 0 Å². The van der Waals surface area contributed by atoms with E-state index in [1.165, 1.54) is 13.2 Å². The van der Waals surface area contributed by atoms with Crippen LogP contribution < -0.4 is 0 Å². The third-order valence-electron chi connectivity index (χ3n) is 1.93. The molecule has 84 valence electrons. The van der Waals surface area contributed by atoms with E-state index in [-0.39, 0.29) is 15.6 Å². The molecule has 0 atom stereocenters. The van der Waals surface area contributed by atoms with E-state index in [0.717, 1.165) is 6.07 Å². The first-order chi connectivity index (χ1) is 7.52. The van der Waals surface area contributed by atoms with E-state index in [9.17, 15) is 13.6 Å². The van der Waals surface area contributed by atoms with E-state index in [2.05, 4.69) is 20.7 Å². The maximum absolute atomic E-state index is 12.5. The highest BCUT2D eigenvalue weighted by Crippen LogP contribution is 2.31. The number of nitriles is 1. The number of alkyl halides is 2. The van der Waals surface area contributed by atoms with Gasteiger partial charge < -0.3 is 4.74 Å². The van der Waals surface area contributed by atoms with Gasteiger partial charge in [-0.2, -0.15) is 5.26 Å². The second kappa shape index (κ2) is 5.03. The molecular formula is C10H6BrF2NO2. The maximum atomic E-state index is 12.5. The van der Waals surface area contributed by atoms with Gasteiger partial charge >= 0.3 is 5.97 Å². The van der Waals surface area contributed by atoms with Gasteiger partial charge in [-0.1, -0.05) is 6.07 Å². The third kappa shape index (κ3) is 2.19. The van der Waals surface area contributed by atoms with Crippen LogP contribution in [0.1, 0.15) is 27.9 Å². The molecule has 0 heterocycles. The molecular weight excluding hydrogens is 284 g/mol. The molecule has 0 radical (unpaired) electrons. The van der Waals surface area contributed by atoms with E-state index in [4.69, 9.17) is 5.26 Å². The van der Waals surface area contributed by atoms with Crippen LogP contribution in [0.25, 0.3) is 0 Å². The number of ether oxygens (including phenoxy) is 1. The van der Waals surface area contributed by atoms with Crippen LogP contribution >= 0.6 is 15.9 Å². The zero-order valence-corrected chi connectivity index (χ0v) is 9.72. The molecule has 0 bridgehead atoms. The Bertz CT molecular complexity index is 469. The first-order valence-electron chi connectivity index (χ1n) is 4.11. The predicted molar refractivity (Wildman–Crippen MR) is 55.2 cm³/mol. The summed E-state index contributed by atoms with van der Waals surface area (Å²) in [6, 6.07) is 3.86. The van der Waals surface area contributed by atoms with Gasteiger partial charge in [0.25, 0.3) is 6.43 Å². The lowest BCUT2D eigenvalue weighted by Gasteiger charge is -2.08. The van der Waals surface area contributed by atoms with Crippen molar-refractivity contribution in [2.75, 3.05) is 7.11 Å². The fourth-order valence-electron chi connectivity index (χ4n) is 1.15. The first kappa shape index (κ1) is 12.6. The van der Waals surface area contributed by atoms with Gasteiger partial charge in [-0.25, -0.2) is 13.6 Å². The lowest BCUT2D eigenvalue weighted by Crippen LogP contribution is -2.05. The molecule has 0 saturated heterocycles. The van der Waals surface area contributed by atoms with Gasteiger partial charge in [0.2, 0.25) is 0 Å². The van der Waals surface area contributed by atoms with Crippen LogP contribution in [0.2, 0.25) is 0 Å². The average molecular weight is 290 g/mol. The number of halogens is 3. The number of methoxy groups -OCH3 is 1. The van der Waals surface area contributed by atoms with Crippen LogP contribution in [0.4, 0.5) is 8.78 Å². The summed E-state index contributed by atoms with van der Waals surface area (Å²) in [5, 5.41) is 8.76. The van der Waals surface area contributed by atoms with Crippen LogP contribution in [-0.4, -0.2) is 13.1 Å². The normalized spacial score (nSPS) is 10.0. The summed E-state index contributed by atoms with van der Waals surface area (Å²) in [5.41, 5.74) is -0.622. The number of carbonyl (C=O) groups is 1. The number of benzene rings is 1. The fraction of sp³-hybridized carbons (Fsp3) is 0.200. The first-order valence-corrected chi connectivity index (χ1v) is 4.91. The molecule has 0 fully saturated rings. The Balaban J connectivity index is 3.42. The highest BCUT2D eigenvalue weighted by molar-refractivity contribution is 9.10. The van der Waals surface area contributed by atoms with Gasteiger partial charge in [-0.3, -0.25) is 0 Å².